The first-order valence-corrected chi connectivity index (χ1v) is 10.4. The van der Waals surface area contributed by atoms with Crippen LogP contribution < -0.4 is 0 Å². The lowest BCUT2D eigenvalue weighted by Gasteiger charge is -2.22. The van der Waals surface area contributed by atoms with Crippen molar-refractivity contribution in [3.05, 3.63) is 107 Å². The third-order valence-corrected chi connectivity index (χ3v) is 5.57. The molecule has 0 aliphatic heterocycles. The van der Waals surface area contributed by atoms with E-state index in [9.17, 15) is 4.79 Å². The van der Waals surface area contributed by atoms with Crippen molar-refractivity contribution in [1.82, 2.24) is 23.7 Å². The number of rotatable bonds is 6. The molecule has 31 heavy (non-hydrogen) atoms. The summed E-state index contributed by atoms with van der Waals surface area (Å²) in [5.74, 6) is 0.0269. The van der Waals surface area contributed by atoms with Crippen molar-refractivity contribution in [3.63, 3.8) is 0 Å². The Morgan fingerprint density at radius 2 is 1.35 bits per heavy atom. The van der Waals surface area contributed by atoms with E-state index in [0.717, 1.165) is 28.2 Å². The Morgan fingerprint density at radius 3 is 1.90 bits per heavy atom. The van der Waals surface area contributed by atoms with Gasteiger partial charge in [-0.1, -0.05) is 35.9 Å². The van der Waals surface area contributed by atoms with Crippen molar-refractivity contribution >= 4 is 28.8 Å². The highest BCUT2D eigenvalue weighted by molar-refractivity contribution is 6.30. The first-order chi connectivity index (χ1) is 15.2. The molecule has 0 fully saturated rings. The molecule has 0 saturated heterocycles. The van der Waals surface area contributed by atoms with Gasteiger partial charge in [0.05, 0.1) is 43.3 Å². The van der Waals surface area contributed by atoms with E-state index in [-0.39, 0.29) is 5.91 Å². The predicted octanol–water partition coefficient (Wildman–Crippen LogP) is 4.41. The van der Waals surface area contributed by atoms with Gasteiger partial charge in [-0.05, 0) is 42.0 Å². The Morgan fingerprint density at radius 1 is 0.806 bits per heavy atom. The van der Waals surface area contributed by atoms with E-state index in [2.05, 4.69) is 9.97 Å². The van der Waals surface area contributed by atoms with E-state index in [0.29, 0.717) is 24.5 Å². The molecule has 0 atom stereocenters. The fourth-order valence-corrected chi connectivity index (χ4v) is 3.84. The Labute approximate surface area is 184 Å². The summed E-state index contributed by atoms with van der Waals surface area (Å²) in [6.07, 6.45) is 7.88. The fraction of sp³-hybridized carbons (Fsp3) is 0.125. The van der Waals surface area contributed by atoms with Gasteiger partial charge in [-0.3, -0.25) is 4.79 Å². The number of nitrogens with zero attached hydrogens (tertiary/aromatic N) is 5. The molecule has 1 amide bonds. The van der Waals surface area contributed by atoms with Crippen LogP contribution in [0.15, 0.2) is 85.5 Å². The van der Waals surface area contributed by atoms with Crippen LogP contribution >= 0.6 is 11.6 Å². The highest BCUT2D eigenvalue weighted by Gasteiger charge is 2.19. The molecule has 0 aliphatic rings. The number of fused-ring (bicyclic) bond motifs is 2. The zero-order valence-corrected chi connectivity index (χ0v) is 17.5. The molecule has 5 aromatic rings. The zero-order valence-electron chi connectivity index (χ0n) is 16.7. The lowest BCUT2D eigenvalue weighted by atomic mass is 10.1. The van der Waals surface area contributed by atoms with Crippen LogP contribution in [0, 0.1) is 0 Å². The third kappa shape index (κ3) is 4.02. The van der Waals surface area contributed by atoms with Crippen molar-refractivity contribution in [1.29, 1.82) is 0 Å². The van der Waals surface area contributed by atoms with E-state index in [1.807, 2.05) is 99.2 Å². The van der Waals surface area contributed by atoms with Crippen LogP contribution in [-0.4, -0.2) is 29.6 Å². The van der Waals surface area contributed by atoms with E-state index in [1.165, 1.54) is 0 Å². The lowest BCUT2D eigenvalue weighted by molar-refractivity contribution is -0.131. The van der Waals surface area contributed by atoms with Gasteiger partial charge >= 0.3 is 0 Å². The van der Waals surface area contributed by atoms with Gasteiger partial charge in [-0.2, -0.15) is 0 Å². The van der Waals surface area contributed by atoms with Gasteiger partial charge in [0.25, 0.3) is 0 Å². The average molecular weight is 430 g/mol. The maximum atomic E-state index is 13.4. The number of pyridine rings is 2. The second-order valence-corrected chi connectivity index (χ2v) is 7.85. The summed E-state index contributed by atoms with van der Waals surface area (Å²) in [7, 11) is 0. The second-order valence-electron chi connectivity index (χ2n) is 7.41. The smallest absolute Gasteiger partial charge is 0.227 e. The minimum Gasteiger partial charge on any atom is -0.331 e. The monoisotopic (exact) mass is 429 g/mol. The molecule has 0 aliphatic carbocycles. The van der Waals surface area contributed by atoms with Crippen molar-refractivity contribution in [2.24, 2.45) is 0 Å². The lowest BCUT2D eigenvalue weighted by Crippen LogP contribution is -2.32. The number of halogens is 1. The summed E-state index contributed by atoms with van der Waals surface area (Å²) in [6, 6.07) is 19.1. The van der Waals surface area contributed by atoms with Crippen molar-refractivity contribution in [2.75, 3.05) is 0 Å². The first-order valence-electron chi connectivity index (χ1n) is 10.0. The molecule has 0 radical (unpaired) electrons. The molecule has 0 bridgehead atoms. The molecule has 4 heterocycles. The Kier molecular flexibility index (Phi) is 5.14. The maximum absolute atomic E-state index is 13.4. The molecule has 5 rings (SSSR count). The summed E-state index contributed by atoms with van der Waals surface area (Å²) in [5, 5.41) is 0.657. The first kappa shape index (κ1) is 19.3. The van der Waals surface area contributed by atoms with Gasteiger partial charge in [0, 0.05) is 17.4 Å². The van der Waals surface area contributed by atoms with Gasteiger partial charge in [-0.15, -0.1) is 0 Å². The van der Waals surface area contributed by atoms with E-state index in [1.54, 1.807) is 0 Å². The van der Waals surface area contributed by atoms with Crippen molar-refractivity contribution in [3.8, 4) is 0 Å². The standard InChI is InChI=1S/C24H20ClN5O/c25-19-9-7-18(8-10-19)13-24(31)28(16-20-14-26-22-5-1-3-11-29(20)22)17-21-15-27-23-6-2-4-12-30(21)23/h1-12,14-15H,13,16-17H2. The summed E-state index contributed by atoms with van der Waals surface area (Å²) in [5.41, 5.74) is 4.55. The molecule has 0 N–H and O–H groups in total. The second kappa shape index (κ2) is 8.24. The Hall–Kier alpha value is -3.64. The van der Waals surface area contributed by atoms with Gasteiger partial charge in [0.1, 0.15) is 11.3 Å². The largest absolute Gasteiger partial charge is 0.331 e. The topological polar surface area (TPSA) is 54.9 Å². The van der Waals surface area contributed by atoms with E-state index < -0.39 is 0 Å². The molecular formula is C24H20ClN5O. The Balaban J connectivity index is 1.46. The fourth-order valence-electron chi connectivity index (χ4n) is 3.72. The molecule has 1 aromatic carbocycles. The number of carbonyl (C=O) groups is 1. The molecule has 0 spiro atoms. The summed E-state index contributed by atoms with van der Waals surface area (Å²) in [4.78, 5) is 24.1. The van der Waals surface area contributed by atoms with Gasteiger partial charge in [-0.25, -0.2) is 9.97 Å². The van der Waals surface area contributed by atoms with Crippen LogP contribution in [0.3, 0.4) is 0 Å². The molecule has 4 aromatic heterocycles. The molecule has 154 valence electrons. The highest BCUT2D eigenvalue weighted by atomic mass is 35.5. The maximum Gasteiger partial charge on any atom is 0.227 e. The number of hydrogen-bond acceptors (Lipinski definition) is 3. The van der Waals surface area contributed by atoms with Crippen LogP contribution in [0.2, 0.25) is 5.02 Å². The van der Waals surface area contributed by atoms with Gasteiger partial charge in [0.2, 0.25) is 5.91 Å². The van der Waals surface area contributed by atoms with Crippen LogP contribution in [0.1, 0.15) is 17.0 Å². The molecule has 0 unspecified atom stereocenters. The minimum absolute atomic E-state index is 0.0269. The average Bonchev–Trinajstić information content (AvgIpc) is 3.39. The number of aromatic nitrogens is 4. The number of hydrogen-bond donors (Lipinski definition) is 0. The van der Waals surface area contributed by atoms with Crippen LogP contribution in [0.25, 0.3) is 11.3 Å². The summed E-state index contributed by atoms with van der Waals surface area (Å²) < 4.78 is 4.02. The molecule has 7 heteroatoms. The Bertz CT molecular complexity index is 1280. The number of imidazole rings is 2. The zero-order chi connectivity index (χ0) is 21.2. The van der Waals surface area contributed by atoms with Gasteiger partial charge < -0.3 is 13.7 Å². The highest BCUT2D eigenvalue weighted by Crippen LogP contribution is 2.17. The number of carbonyl (C=O) groups excluding carboxylic acids is 1. The van der Waals surface area contributed by atoms with Crippen molar-refractivity contribution in [2.45, 2.75) is 19.5 Å². The summed E-state index contributed by atoms with van der Waals surface area (Å²) >= 11 is 6.00. The van der Waals surface area contributed by atoms with Crippen LogP contribution in [0.5, 0.6) is 0 Å². The summed E-state index contributed by atoms with van der Waals surface area (Å²) in [6.45, 7) is 0.884. The molecule has 0 saturated carbocycles. The normalized spacial score (nSPS) is 11.3. The van der Waals surface area contributed by atoms with Crippen LogP contribution in [0.4, 0.5) is 0 Å². The number of benzene rings is 1. The van der Waals surface area contributed by atoms with E-state index in [4.69, 9.17) is 11.6 Å². The van der Waals surface area contributed by atoms with Gasteiger partial charge in [0.15, 0.2) is 0 Å². The minimum atomic E-state index is 0.0269. The SMILES string of the molecule is O=C(Cc1ccc(Cl)cc1)N(Cc1cnc2ccccn12)Cc1cnc2ccccn12. The third-order valence-electron chi connectivity index (χ3n) is 5.31. The molecule has 6 nitrogen and oxygen atoms in total. The molecular weight excluding hydrogens is 410 g/mol. The van der Waals surface area contributed by atoms with E-state index >= 15 is 0 Å². The number of amides is 1. The van der Waals surface area contributed by atoms with Crippen LogP contribution in [-0.2, 0) is 24.3 Å². The van der Waals surface area contributed by atoms with Crippen molar-refractivity contribution < 1.29 is 4.79 Å². The predicted molar refractivity (Wildman–Crippen MR) is 120 cm³/mol. The quantitative estimate of drug-likeness (QED) is 0.402.